The molecule has 0 radical (unpaired) electrons. The summed E-state index contributed by atoms with van der Waals surface area (Å²) in [7, 11) is 0. The normalized spacial score (nSPS) is 14.2. The maximum atomic E-state index is 13.1. The van der Waals surface area contributed by atoms with Crippen LogP contribution in [-0.2, 0) is 4.79 Å². The Morgan fingerprint density at radius 3 is 2.16 bits per heavy atom. The molecule has 4 rings (SSSR count). The zero-order valence-corrected chi connectivity index (χ0v) is 17.3. The van der Waals surface area contributed by atoms with E-state index in [2.05, 4.69) is 20.8 Å². The van der Waals surface area contributed by atoms with Crippen molar-refractivity contribution in [2.24, 2.45) is 0 Å². The first-order chi connectivity index (χ1) is 15.2. The van der Waals surface area contributed by atoms with Crippen LogP contribution in [0, 0.1) is 0 Å². The molecule has 2 aromatic carbocycles. The molecule has 3 aromatic rings. The number of anilines is 2. The summed E-state index contributed by atoms with van der Waals surface area (Å²) in [6.45, 7) is 0. The van der Waals surface area contributed by atoms with Crippen molar-refractivity contribution in [2.75, 3.05) is 11.2 Å². The Morgan fingerprint density at radius 2 is 1.55 bits per heavy atom. The fraction of sp³-hybridized carbons (Fsp3) is 0.292. The molecule has 0 atom stereocenters. The number of hydrogen-bond donors (Lipinski definition) is 3. The van der Waals surface area contributed by atoms with Gasteiger partial charge in [0.2, 0.25) is 11.8 Å². The maximum Gasteiger partial charge on any atom is 0.250 e. The Hall–Kier alpha value is -3.61. The van der Waals surface area contributed by atoms with Crippen LogP contribution in [0.4, 0.5) is 11.5 Å². The van der Waals surface area contributed by atoms with Crippen LogP contribution in [0.2, 0.25) is 0 Å². The van der Waals surface area contributed by atoms with E-state index >= 15 is 0 Å². The number of aromatic nitrogens is 2. The van der Waals surface area contributed by atoms with E-state index in [9.17, 15) is 4.79 Å². The molecule has 1 saturated carbocycles. The molecule has 1 fully saturated rings. The third-order valence-corrected chi connectivity index (χ3v) is 5.51. The van der Waals surface area contributed by atoms with Crippen LogP contribution in [0.15, 0.2) is 67.0 Å². The van der Waals surface area contributed by atoms with Gasteiger partial charge in [-0.2, -0.15) is 4.98 Å². The van der Waals surface area contributed by atoms with Crippen LogP contribution in [0.1, 0.15) is 49.1 Å². The van der Waals surface area contributed by atoms with E-state index < -0.39 is 5.92 Å². The minimum absolute atomic E-state index is 0.119. The number of hydrogen-bond acceptors (Lipinski definition) is 6. The first-order valence-corrected chi connectivity index (χ1v) is 10.7. The number of carbonyl (C=O) groups is 1. The van der Waals surface area contributed by atoms with Gasteiger partial charge < -0.3 is 10.5 Å². The number of benzene rings is 2. The quantitative estimate of drug-likeness (QED) is 0.501. The van der Waals surface area contributed by atoms with E-state index in [1.54, 1.807) is 0 Å². The Balaban J connectivity index is 1.48. The number of hydrazine groups is 1. The highest BCUT2D eigenvalue weighted by Gasteiger charge is 2.23. The van der Waals surface area contributed by atoms with Crippen molar-refractivity contribution in [3.8, 4) is 5.88 Å². The molecule has 7 nitrogen and oxygen atoms in total. The van der Waals surface area contributed by atoms with Crippen molar-refractivity contribution in [3.63, 3.8) is 0 Å². The number of ether oxygens (including phenoxy) is 1. The summed E-state index contributed by atoms with van der Waals surface area (Å²) in [5.41, 5.74) is 13.9. The summed E-state index contributed by atoms with van der Waals surface area (Å²) < 4.78 is 5.99. The van der Waals surface area contributed by atoms with Gasteiger partial charge in [0, 0.05) is 0 Å². The molecule has 1 aromatic heterocycles. The highest BCUT2D eigenvalue weighted by atomic mass is 16.5. The number of nitrogen functional groups attached to an aromatic ring is 1. The summed E-state index contributed by atoms with van der Waals surface area (Å²) in [4.78, 5) is 21.5. The molecule has 4 N–H and O–H groups in total. The second kappa shape index (κ2) is 9.93. The van der Waals surface area contributed by atoms with Gasteiger partial charge in [0.15, 0.2) is 5.82 Å². The molecule has 0 saturated heterocycles. The van der Waals surface area contributed by atoms with Crippen LogP contribution in [0.3, 0.4) is 0 Å². The molecule has 0 bridgehead atoms. The SMILES string of the molecule is Nc1c(NNC(=O)C(c2ccccc2)c2ccccc2)ncnc1OC1CCCCC1. The Labute approximate surface area is 182 Å². The zero-order chi connectivity index (χ0) is 21.5. The third kappa shape index (κ3) is 5.12. The van der Waals surface area contributed by atoms with Crippen molar-refractivity contribution in [3.05, 3.63) is 78.1 Å². The highest BCUT2D eigenvalue weighted by molar-refractivity contribution is 5.88. The average molecular weight is 418 g/mol. The van der Waals surface area contributed by atoms with E-state index in [-0.39, 0.29) is 17.7 Å². The summed E-state index contributed by atoms with van der Waals surface area (Å²) >= 11 is 0. The molecule has 1 heterocycles. The molecule has 0 aliphatic heterocycles. The lowest BCUT2D eigenvalue weighted by atomic mass is 9.91. The molecule has 1 aliphatic rings. The van der Waals surface area contributed by atoms with Crippen LogP contribution in [-0.4, -0.2) is 22.0 Å². The van der Waals surface area contributed by atoms with Crippen molar-refractivity contribution in [1.82, 2.24) is 15.4 Å². The van der Waals surface area contributed by atoms with E-state index in [4.69, 9.17) is 10.5 Å². The Morgan fingerprint density at radius 1 is 0.935 bits per heavy atom. The molecule has 1 aliphatic carbocycles. The minimum atomic E-state index is -0.476. The lowest BCUT2D eigenvalue weighted by Crippen LogP contribution is -2.35. The highest BCUT2D eigenvalue weighted by Crippen LogP contribution is 2.29. The molecule has 0 spiro atoms. The van der Waals surface area contributed by atoms with Gasteiger partial charge in [-0.15, -0.1) is 0 Å². The second-order valence-corrected chi connectivity index (χ2v) is 7.69. The molecule has 7 heteroatoms. The van der Waals surface area contributed by atoms with Gasteiger partial charge in [-0.25, -0.2) is 4.98 Å². The van der Waals surface area contributed by atoms with Crippen LogP contribution in [0.25, 0.3) is 0 Å². The van der Waals surface area contributed by atoms with E-state index in [0.717, 1.165) is 36.8 Å². The van der Waals surface area contributed by atoms with Gasteiger partial charge in [-0.3, -0.25) is 15.6 Å². The Kier molecular flexibility index (Phi) is 6.62. The van der Waals surface area contributed by atoms with Gasteiger partial charge in [-0.05, 0) is 36.8 Å². The predicted molar refractivity (Wildman–Crippen MR) is 120 cm³/mol. The summed E-state index contributed by atoms with van der Waals surface area (Å²) in [6.07, 6.45) is 7.04. The molecule has 0 unspecified atom stereocenters. The van der Waals surface area contributed by atoms with Crippen LogP contribution < -0.4 is 21.3 Å². The van der Waals surface area contributed by atoms with Crippen LogP contribution >= 0.6 is 0 Å². The topological polar surface area (TPSA) is 102 Å². The molecular weight excluding hydrogens is 390 g/mol. The first-order valence-electron chi connectivity index (χ1n) is 10.7. The fourth-order valence-electron chi connectivity index (χ4n) is 3.89. The van der Waals surface area contributed by atoms with Crippen molar-refractivity contribution in [2.45, 2.75) is 44.1 Å². The summed E-state index contributed by atoms with van der Waals surface area (Å²) in [5.74, 6) is -0.0311. The summed E-state index contributed by atoms with van der Waals surface area (Å²) in [5, 5.41) is 0. The van der Waals surface area contributed by atoms with Gasteiger partial charge >= 0.3 is 0 Å². The number of amides is 1. The fourth-order valence-corrected chi connectivity index (χ4v) is 3.89. The zero-order valence-electron chi connectivity index (χ0n) is 17.3. The number of nitrogens with two attached hydrogens (primary N) is 1. The average Bonchev–Trinajstić information content (AvgIpc) is 2.82. The minimum Gasteiger partial charge on any atom is -0.473 e. The largest absolute Gasteiger partial charge is 0.473 e. The maximum absolute atomic E-state index is 13.1. The third-order valence-electron chi connectivity index (χ3n) is 5.51. The smallest absolute Gasteiger partial charge is 0.250 e. The van der Waals surface area contributed by atoms with E-state index in [0.29, 0.717) is 11.7 Å². The van der Waals surface area contributed by atoms with Gasteiger partial charge in [0.25, 0.3) is 0 Å². The predicted octanol–water partition coefficient (Wildman–Crippen LogP) is 4.05. The lowest BCUT2D eigenvalue weighted by Gasteiger charge is -2.23. The molecule has 160 valence electrons. The van der Waals surface area contributed by atoms with Gasteiger partial charge in [0.05, 0.1) is 5.92 Å². The summed E-state index contributed by atoms with van der Waals surface area (Å²) in [6, 6.07) is 19.3. The Bertz CT molecular complexity index is 952. The van der Waals surface area contributed by atoms with Gasteiger partial charge in [0.1, 0.15) is 18.1 Å². The number of nitrogens with one attached hydrogen (secondary N) is 2. The lowest BCUT2D eigenvalue weighted by molar-refractivity contribution is -0.121. The van der Waals surface area contributed by atoms with Crippen molar-refractivity contribution < 1.29 is 9.53 Å². The number of carbonyl (C=O) groups excluding carboxylic acids is 1. The van der Waals surface area contributed by atoms with Gasteiger partial charge in [-0.1, -0.05) is 67.1 Å². The van der Waals surface area contributed by atoms with E-state index in [1.165, 1.54) is 12.7 Å². The standard InChI is InChI=1S/C24H27N5O2/c25-21-22(26-16-27-24(21)31-19-14-8-3-9-15-19)28-29-23(30)20(17-10-4-1-5-11-17)18-12-6-2-7-13-18/h1-2,4-7,10-13,16,19-20H,3,8-9,14-15,25H2,(H,29,30)(H,26,27,28). The molecular formula is C24H27N5O2. The van der Waals surface area contributed by atoms with Crippen LogP contribution in [0.5, 0.6) is 5.88 Å². The molecule has 31 heavy (non-hydrogen) atoms. The number of nitrogens with zero attached hydrogens (tertiary/aromatic N) is 2. The van der Waals surface area contributed by atoms with Crippen molar-refractivity contribution in [1.29, 1.82) is 0 Å². The number of rotatable bonds is 7. The van der Waals surface area contributed by atoms with E-state index in [1.807, 2.05) is 60.7 Å². The second-order valence-electron chi connectivity index (χ2n) is 7.69. The van der Waals surface area contributed by atoms with Crippen molar-refractivity contribution >= 4 is 17.4 Å². The first kappa shape index (κ1) is 20.7. The molecule has 1 amide bonds. The monoisotopic (exact) mass is 417 g/mol.